The second-order valence-corrected chi connectivity index (χ2v) is 8.75. The van der Waals surface area contributed by atoms with Crippen molar-refractivity contribution in [3.05, 3.63) is 77.4 Å². The number of Topliss-reactive ketones (excluding diaryl/α,β-unsaturated/α-hetero) is 1. The number of rotatable bonds is 9. The van der Waals surface area contributed by atoms with E-state index in [4.69, 9.17) is 10.5 Å². The van der Waals surface area contributed by atoms with E-state index in [0.717, 1.165) is 46.7 Å². The first kappa shape index (κ1) is 35.1. The van der Waals surface area contributed by atoms with Gasteiger partial charge in [0.15, 0.2) is 5.78 Å². The molecule has 0 saturated carbocycles. The normalized spacial score (nSPS) is 10.8. The van der Waals surface area contributed by atoms with Crippen LogP contribution in [-0.2, 0) is 17.6 Å². The number of urea groups is 1. The van der Waals surface area contributed by atoms with Crippen LogP contribution in [0.15, 0.2) is 60.0 Å². The van der Waals surface area contributed by atoms with Crippen molar-refractivity contribution in [1.82, 2.24) is 20.2 Å². The average molecular weight is 575 g/mol. The first-order chi connectivity index (χ1) is 20.2. The topological polar surface area (TPSA) is 141 Å². The number of carbonyl (C=O) groups excluding carboxylic acids is 3. The van der Waals surface area contributed by atoms with Crippen molar-refractivity contribution in [2.75, 3.05) is 13.7 Å². The molecular weight excluding hydrogens is 532 g/mol. The van der Waals surface area contributed by atoms with Crippen LogP contribution < -0.4 is 21.1 Å². The van der Waals surface area contributed by atoms with Gasteiger partial charge in [0.25, 0.3) is 0 Å². The summed E-state index contributed by atoms with van der Waals surface area (Å²) in [6.45, 7) is 11.7. The molecule has 0 spiro atoms. The van der Waals surface area contributed by atoms with Crippen LogP contribution in [0.1, 0.15) is 68.7 Å². The zero-order valence-electron chi connectivity index (χ0n) is 25.5. The highest BCUT2D eigenvalue weighted by atomic mass is 16.5. The Bertz CT molecular complexity index is 1380. The molecule has 1 unspecified atom stereocenters. The number of nitrogens with two attached hydrogens (primary N) is 1. The lowest BCUT2D eigenvalue weighted by atomic mass is 10.0. The monoisotopic (exact) mass is 574 g/mol. The molecule has 0 radical (unpaired) electrons. The van der Waals surface area contributed by atoms with Gasteiger partial charge in [-0.3, -0.25) is 19.9 Å². The fraction of sp³-hybridized carbons (Fsp3) is 0.344. The van der Waals surface area contributed by atoms with Crippen molar-refractivity contribution in [1.29, 1.82) is 0 Å². The molecule has 0 aliphatic carbocycles. The SMILES string of the molecule is CC.CC(N)=NCCc1cn(-c2ccc(C#CC(C)NC(=O)NC=O)cc2)cn1.CCc1ccc(OC)cc1C(C)=O. The number of aliphatic imine (C=N–C) groups is 1. The molecule has 1 atom stereocenters. The molecule has 0 saturated heterocycles. The van der Waals surface area contributed by atoms with Gasteiger partial charge in [-0.05, 0) is 69.2 Å². The van der Waals surface area contributed by atoms with Crippen molar-refractivity contribution in [2.24, 2.45) is 10.7 Å². The molecule has 0 bridgehead atoms. The maximum Gasteiger partial charge on any atom is 0.322 e. The van der Waals surface area contributed by atoms with Gasteiger partial charge in [0.05, 0.1) is 31.0 Å². The first-order valence-corrected chi connectivity index (χ1v) is 13.8. The van der Waals surface area contributed by atoms with Crippen molar-refractivity contribution in [3.63, 3.8) is 0 Å². The van der Waals surface area contributed by atoms with E-state index >= 15 is 0 Å². The molecule has 3 rings (SSSR count). The number of hydrogen-bond acceptors (Lipinski definition) is 6. The lowest BCUT2D eigenvalue weighted by Crippen LogP contribution is -2.39. The number of amidine groups is 1. The van der Waals surface area contributed by atoms with E-state index in [1.54, 1.807) is 40.3 Å². The molecule has 224 valence electrons. The number of carbonyl (C=O) groups is 3. The molecular formula is C32H42N6O4. The minimum atomic E-state index is -0.578. The first-order valence-electron chi connectivity index (χ1n) is 13.8. The minimum absolute atomic E-state index is 0.0933. The number of methoxy groups -OCH3 is 1. The Morgan fingerprint density at radius 2 is 1.86 bits per heavy atom. The predicted molar refractivity (Wildman–Crippen MR) is 167 cm³/mol. The summed E-state index contributed by atoms with van der Waals surface area (Å²) >= 11 is 0. The largest absolute Gasteiger partial charge is 0.497 e. The highest BCUT2D eigenvalue weighted by molar-refractivity contribution is 5.96. The molecule has 3 aromatic rings. The van der Waals surface area contributed by atoms with Crippen LogP contribution in [0, 0.1) is 11.8 Å². The smallest absolute Gasteiger partial charge is 0.322 e. The number of ether oxygens (including phenoxy) is 1. The number of imide groups is 1. The van der Waals surface area contributed by atoms with E-state index in [1.165, 1.54) is 0 Å². The minimum Gasteiger partial charge on any atom is -0.497 e. The molecule has 10 heteroatoms. The van der Waals surface area contributed by atoms with Gasteiger partial charge in [-0.15, -0.1) is 0 Å². The summed E-state index contributed by atoms with van der Waals surface area (Å²) in [5, 5.41) is 4.53. The van der Waals surface area contributed by atoms with Crippen LogP contribution in [0.3, 0.4) is 0 Å². The molecule has 1 heterocycles. The Morgan fingerprint density at radius 3 is 2.43 bits per heavy atom. The summed E-state index contributed by atoms with van der Waals surface area (Å²) < 4.78 is 6.98. The van der Waals surface area contributed by atoms with Crippen molar-refractivity contribution >= 4 is 24.1 Å². The van der Waals surface area contributed by atoms with Crippen molar-refractivity contribution in [2.45, 2.75) is 60.4 Å². The second-order valence-electron chi connectivity index (χ2n) is 8.75. The zero-order chi connectivity index (χ0) is 31.5. The Labute approximate surface area is 248 Å². The molecule has 0 fully saturated rings. The molecule has 42 heavy (non-hydrogen) atoms. The van der Waals surface area contributed by atoms with E-state index in [9.17, 15) is 14.4 Å². The van der Waals surface area contributed by atoms with E-state index in [2.05, 4.69) is 27.1 Å². The maximum atomic E-state index is 11.2. The Hall–Kier alpha value is -4.91. The number of nitrogens with one attached hydrogen (secondary N) is 2. The fourth-order valence-electron chi connectivity index (χ4n) is 3.54. The van der Waals surface area contributed by atoms with Gasteiger partial charge in [-0.25, -0.2) is 9.78 Å². The number of hydrogen-bond donors (Lipinski definition) is 3. The summed E-state index contributed by atoms with van der Waals surface area (Å²) in [5.74, 6) is 7.29. The predicted octanol–water partition coefficient (Wildman–Crippen LogP) is 4.47. The van der Waals surface area contributed by atoms with Gasteiger partial charge in [0.1, 0.15) is 5.75 Å². The van der Waals surface area contributed by atoms with Gasteiger partial charge >= 0.3 is 6.03 Å². The van der Waals surface area contributed by atoms with Crippen LogP contribution in [-0.4, -0.2) is 53.3 Å². The summed E-state index contributed by atoms with van der Waals surface area (Å²) in [6, 6.07) is 12.3. The fourth-order valence-corrected chi connectivity index (χ4v) is 3.54. The molecule has 4 N–H and O–H groups in total. The van der Waals surface area contributed by atoms with Gasteiger partial charge in [-0.1, -0.05) is 38.7 Å². The molecule has 3 amide bonds. The van der Waals surface area contributed by atoms with E-state index in [1.807, 2.05) is 73.3 Å². The zero-order valence-corrected chi connectivity index (χ0v) is 25.5. The van der Waals surface area contributed by atoms with E-state index in [-0.39, 0.29) is 11.8 Å². The van der Waals surface area contributed by atoms with Gasteiger partial charge in [-0.2, -0.15) is 0 Å². The van der Waals surface area contributed by atoms with E-state index in [0.29, 0.717) is 18.8 Å². The van der Waals surface area contributed by atoms with Crippen LogP contribution in [0.25, 0.3) is 5.69 Å². The number of amides is 3. The quantitative estimate of drug-likeness (QED) is 0.113. The summed E-state index contributed by atoms with van der Waals surface area (Å²) in [4.78, 5) is 41.2. The second kappa shape index (κ2) is 19.2. The van der Waals surface area contributed by atoms with Crippen LogP contribution in [0.4, 0.5) is 4.79 Å². The van der Waals surface area contributed by atoms with Crippen molar-refractivity contribution in [3.8, 4) is 23.3 Å². The Kier molecular flexibility index (Phi) is 16.1. The Morgan fingerprint density at radius 1 is 1.17 bits per heavy atom. The van der Waals surface area contributed by atoms with Gasteiger partial charge in [0, 0.05) is 36.0 Å². The molecule has 2 aromatic carbocycles. The highest BCUT2D eigenvalue weighted by Gasteiger charge is 2.07. The van der Waals surface area contributed by atoms with Crippen molar-refractivity contribution < 1.29 is 19.1 Å². The Balaban J connectivity index is 0.000000491. The third-order valence-corrected chi connectivity index (χ3v) is 5.58. The molecule has 0 aliphatic rings. The van der Waals surface area contributed by atoms with E-state index < -0.39 is 6.03 Å². The lowest BCUT2D eigenvalue weighted by Gasteiger charge is -2.06. The molecule has 0 aliphatic heterocycles. The molecule has 10 nitrogen and oxygen atoms in total. The van der Waals surface area contributed by atoms with Crippen LogP contribution in [0.5, 0.6) is 5.75 Å². The number of nitrogens with zero attached hydrogens (tertiary/aromatic N) is 3. The third kappa shape index (κ3) is 12.5. The highest BCUT2D eigenvalue weighted by Crippen LogP contribution is 2.18. The number of aromatic nitrogens is 2. The molecule has 1 aromatic heterocycles. The maximum absolute atomic E-state index is 11.2. The average Bonchev–Trinajstić information content (AvgIpc) is 3.46. The summed E-state index contributed by atoms with van der Waals surface area (Å²) in [5.41, 5.74) is 10.1. The standard InChI is InChI=1S/C19H22N6O2.C11H14O2.C2H6/c1-14(24-19(27)23-13-26)3-4-16-5-7-18(8-6-16)25-11-17(22-12-25)9-10-21-15(2)20;1-4-9-5-6-10(13-3)7-11(9)8(2)12;1-2/h5-8,11-14H,9-10H2,1-2H3,(H2,20,21)(H2,23,24,26,27);5-7H,4H2,1-3H3;1-2H3. The lowest BCUT2D eigenvalue weighted by molar-refractivity contribution is -0.108. The summed E-state index contributed by atoms with van der Waals surface area (Å²) in [6.07, 6.45) is 5.64. The summed E-state index contributed by atoms with van der Waals surface area (Å²) in [7, 11) is 1.60. The van der Waals surface area contributed by atoms with Crippen LogP contribution in [0.2, 0.25) is 0 Å². The van der Waals surface area contributed by atoms with Gasteiger partial charge in [0.2, 0.25) is 6.41 Å². The number of aryl methyl sites for hydroxylation is 1. The van der Waals surface area contributed by atoms with Gasteiger partial charge < -0.3 is 20.4 Å². The third-order valence-electron chi connectivity index (χ3n) is 5.58. The van der Waals surface area contributed by atoms with Crippen LogP contribution >= 0.6 is 0 Å². The number of ketones is 1. The number of imidazole rings is 1. The number of benzene rings is 2.